The van der Waals surface area contributed by atoms with Gasteiger partial charge in [-0.15, -0.1) is 4.40 Å². The van der Waals surface area contributed by atoms with E-state index in [2.05, 4.69) is 18.2 Å². The van der Waals surface area contributed by atoms with E-state index in [0.29, 0.717) is 62.0 Å². The standard InChI is InChI=1S/C26H30N4O4S/c1-18(2)19-9-11-20(12-10-19)25(31)28-14-16-29(17-15-28)26(32)22-7-5-13-30(22)24-21-6-3-4-8-23(21)35(33,34)27-24/h3-4,6,8-12,18,22H,5,7,13-17H2,1-2H3/t22-/m0/s1. The molecule has 3 heterocycles. The minimum atomic E-state index is -3.74. The summed E-state index contributed by atoms with van der Waals surface area (Å²) in [6.45, 7) is 6.69. The third-order valence-electron chi connectivity index (χ3n) is 7.13. The Balaban J connectivity index is 1.25. The lowest BCUT2D eigenvalue weighted by atomic mass is 10.0. The first-order valence-electron chi connectivity index (χ1n) is 12.2. The fourth-order valence-corrected chi connectivity index (χ4v) is 6.32. The summed E-state index contributed by atoms with van der Waals surface area (Å²) in [5, 5.41) is 0. The monoisotopic (exact) mass is 494 g/mol. The van der Waals surface area contributed by atoms with Gasteiger partial charge in [0.15, 0.2) is 5.84 Å². The van der Waals surface area contributed by atoms with Crippen LogP contribution in [0.3, 0.4) is 0 Å². The van der Waals surface area contributed by atoms with Crippen LogP contribution in [0.4, 0.5) is 0 Å². The van der Waals surface area contributed by atoms with E-state index in [1.165, 1.54) is 5.56 Å². The Hall–Kier alpha value is -3.20. The molecule has 0 spiro atoms. The van der Waals surface area contributed by atoms with Crippen LogP contribution in [0.2, 0.25) is 0 Å². The van der Waals surface area contributed by atoms with Gasteiger partial charge in [-0.1, -0.05) is 38.1 Å². The summed E-state index contributed by atoms with van der Waals surface area (Å²) in [6, 6.07) is 14.1. The number of amides is 2. The van der Waals surface area contributed by atoms with Gasteiger partial charge in [0.25, 0.3) is 15.9 Å². The summed E-state index contributed by atoms with van der Waals surface area (Å²) in [5.41, 5.74) is 2.42. The predicted octanol–water partition coefficient (Wildman–Crippen LogP) is 2.71. The maximum Gasteiger partial charge on any atom is 0.285 e. The second-order valence-corrected chi connectivity index (χ2v) is 11.2. The Kier molecular flexibility index (Phi) is 6.13. The van der Waals surface area contributed by atoms with Crippen molar-refractivity contribution >= 4 is 27.7 Å². The summed E-state index contributed by atoms with van der Waals surface area (Å²) >= 11 is 0. The van der Waals surface area contributed by atoms with Crippen LogP contribution in [-0.4, -0.2) is 79.5 Å². The van der Waals surface area contributed by atoms with E-state index >= 15 is 0 Å². The fourth-order valence-electron chi connectivity index (χ4n) is 5.11. The number of carbonyl (C=O) groups is 2. The molecule has 35 heavy (non-hydrogen) atoms. The van der Waals surface area contributed by atoms with Gasteiger partial charge in [0, 0.05) is 43.9 Å². The van der Waals surface area contributed by atoms with Crippen LogP contribution < -0.4 is 0 Å². The second-order valence-electron chi connectivity index (χ2n) is 9.63. The van der Waals surface area contributed by atoms with E-state index in [0.717, 1.165) is 6.42 Å². The van der Waals surface area contributed by atoms with Crippen LogP contribution >= 0.6 is 0 Å². The van der Waals surface area contributed by atoms with Crippen molar-refractivity contribution in [3.63, 3.8) is 0 Å². The molecule has 0 aliphatic carbocycles. The molecule has 0 radical (unpaired) electrons. The van der Waals surface area contributed by atoms with E-state index < -0.39 is 16.1 Å². The first kappa shape index (κ1) is 23.5. The predicted molar refractivity (Wildman–Crippen MR) is 133 cm³/mol. The van der Waals surface area contributed by atoms with E-state index in [9.17, 15) is 18.0 Å². The van der Waals surface area contributed by atoms with Crippen molar-refractivity contribution in [2.24, 2.45) is 4.40 Å². The molecule has 1 atom stereocenters. The first-order valence-corrected chi connectivity index (χ1v) is 13.6. The van der Waals surface area contributed by atoms with Crippen molar-refractivity contribution in [3.8, 4) is 0 Å². The zero-order chi connectivity index (χ0) is 24.7. The van der Waals surface area contributed by atoms with E-state index in [-0.39, 0.29) is 16.7 Å². The quantitative estimate of drug-likeness (QED) is 0.655. The number of likely N-dealkylation sites (tertiary alicyclic amines) is 1. The molecule has 0 saturated carbocycles. The Bertz CT molecular complexity index is 1280. The van der Waals surface area contributed by atoms with Crippen LogP contribution in [0.25, 0.3) is 0 Å². The van der Waals surface area contributed by atoms with Crippen molar-refractivity contribution < 1.29 is 18.0 Å². The average Bonchev–Trinajstić information content (AvgIpc) is 3.46. The maximum absolute atomic E-state index is 13.5. The molecule has 3 aliphatic heterocycles. The molecule has 2 saturated heterocycles. The second kappa shape index (κ2) is 9.11. The van der Waals surface area contributed by atoms with Crippen molar-refractivity contribution in [2.75, 3.05) is 32.7 Å². The summed E-state index contributed by atoms with van der Waals surface area (Å²) < 4.78 is 29.1. The van der Waals surface area contributed by atoms with Crippen molar-refractivity contribution in [1.29, 1.82) is 0 Å². The first-order chi connectivity index (χ1) is 16.8. The highest BCUT2D eigenvalue weighted by Gasteiger charge is 2.41. The van der Waals surface area contributed by atoms with Gasteiger partial charge in [-0.25, -0.2) is 0 Å². The van der Waals surface area contributed by atoms with Crippen LogP contribution in [-0.2, 0) is 14.8 Å². The Morgan fingerprint density at radius 3 is 2.26 bits per heavy atom. The summed E-state index contributed by atoms with van der Waals surface area (Å²) in [6.07, 6.45) is 1.45. The largest absolute Gasteiger partial charge is 0.343 e. The normalized spacial score (nSPS) is 21.3. The number of fused-ring (bicyclic) bond motifs is 1. The Labute approximate surface area is 206 Å². The van der Waals surface area contributed by atoms with Gasteiger partial charge in [-0.05, 0) is 48.6 Å². The summed E-state index contributed by atoms with van der Waals surface area (Å²) in [5.74, 6) is 0.736. The number of amidine groups is 1. The lowest BCUT2D eigenvalue weighted by Crippen LogP contribution is -2.55. The average molecular weight is 495 g/mol. The fraction of sp³-hybridized carbons (Fsp3) is 0.423. The van der Waals surface area contributed by atoms with Crippen LogP contribution in [0, 0.1) is 0 Å². The molecule has 2 aromatic rings. The van der Waals surface area contributed by atoms with Gasteiger partial charge in [0.1, 0.15) is 10.9 Å². The van der Waals surface area contributed by atoms with Gasteiger partial charge >= 0.3 is 0 Å². The number of nitrogens with zero attached hydrogens (tertiary/aromatic N) is 4. The SMILES string of the molecule is CC(C)c1ccc(C(=O)N2CCN(C(=O)[C@@H]3CCCN3C3=NS(=O)(=O)c4ccccc43)CC2)cc1. The number of sulfonamides is 1. The zero-order valence-corrected chi connectivity index (χ0v) is 20.9. The highest BCUT2D eigenvalue weighted by atomic mass is 32.2. The lowest BCUT2D eigenvalue weighted by Gasteiger charge is -2.37. The molecule has 0 bridgehead atoms. The van der Waals surface area contributed by atoms with Crippen molar-refractivity contribution in [3.05, 3.63) is 65.2 Å². The highest BCUT2D eigenvalue weighted by molar-refractivity contribution is 7.90. The molecule has 184 valence electrons. The van der Waals surface area contributed by atoms with Crippen LogP contribution in [0.5, 0.6) is 0 Å². The molecule has 0 N–H and O–H groups in total. The summed E-state index contributed by atoms with van der Waals surface area (Å²) in [4.78, 5) is 32.1. The van der Waals surface area contributed by atoms with Gasteiger partial charge in [0.2, 0.25) is 5.91 Å². The van der Waals surface area contributed by atoms with Gasteiger partial charge < -0.3 is 14.7 Å². The van der Waals surface area contributed by atoms with Crippen LogP contribution in [0.15, 0.2) is 57.8 Å². The third-order valence-corrected chi connectivity index (χ3v) is 8.45. The smallest absolute Gasteiger partial charge is 0.285 e. The number of hydrogen-bond acceptors (Lipinski definition) is 5. The topological polar surface area (TPSA) is 90.4 Å². The molecule has 0 unspecified atom stereocenters. The van der Waals surface area contributed by atoms with Gasteiger partial charge in [-0.2, -0.15) is 8.42 Å². The van der Waals surface area contributed by atoms with Crippen molar-refractivity contribution in [1.82, 2.24) is 14.7 Å². The Morgan fingerprint density at radius 2 is 1.57 bits per heavy atom. The summed E-state index contributed by atoms with van der Waals surface area (Å²) in [7, 11) is -3.74. The van der Waals surface area contributed by atoms with Gasteiger partial charge in [-0.3, -0.25) is 9.59 Å². The molecule has 5 rings (SSSR count). The number of rotatable bonds is 3. The molecule has 9 heteroatoms. The maximum atomic E-state index is 13.5. The lowest BCUT2D eigenvalue weighted by molar-refractivity contribution is -0.136. The molecule has 2 fully saturated rings. The molecular weight excluding hydrogens is 464 g/mol. The molecule has 2 aromatic carbocycles. The highest BCUT2D eigenvalue weighted by Crippen LogP contribution is 2.31. The minimum absolute atomic E-state index is 0.0166. The van der Waals surface area contributed by atoms with E-state index in [4.69, 9.17) is 0 Å². The zero-order valence-electron chi connectivity index (χ0n) is 20.1. The molecule has 2 amide bonds. The number of carbonyl (C=O) groups excluding carboxylic acids is 2. The van der Waals surface area contributed by atoms with E-state index in [1.54, 1.807) is 34.1 Å². The molecule has 8 nitrogen and oxygen atoms in total. The Morgan fingerprint density at radius 1 is 0.914 bits per heavy atom. The molecular formula is C26H30N4O4S. The molecule has 3 aliphatic rings. The number of hydrogen-bond donors (Lipinski definition) is 0. The van der Waals surface area contributed by atoms with Crippen molar-refractivity contribution in [2.45, 2.75) is 43.5 Å². The van der Waals surface area contributed by atoms with E-state index in [1.807, 2.05) is 29.2 Å². The molecule has 0 aromatic heterocycles. The van der Waals surface area contributed by atoms with Crippen LogP contribution in [0.1, 0.15) is 54.1 Å². The number of piperazine rings is 1. The minimum Gasteiger partial charge on any atom is -0.343 e. The third kappa shape index (κ3) is 4.33. The number of benzene rings is 2. The van der Waals surface area contributed by atoms with Gasteiger partial charge in [0.05, 0.1) is 0 Å².